The number of aliphatic imine (C=N–C) groups is 1. The van der Waals surface area contributed by atoms with Gasteiger partial charge in [-0.3, -0.25) is 14.6 Å². The number of carbonyl (C=O) groups excluding carboxylic acids is 2. The van der Waals surface area contributed by atoms with E-state index >= 15 is 0 Å². The lowest BCUT2D eigenvalue weighted by Crippen LogP contribution is -2.22. The maximum atomic E-state index is 12.3. The molecule has 3 rings (SSSR count). The van der Waals surface area contributed by atoms with Crippen molar-refractivity contribution >= 4 is 17.3 Å². The van der Waals surface area contributed by atoms with Gasteiger partial charge in [0, 0.05) is 43.9 Å². The number of ketones is 2. The Bertz CT molecular complexity index is 755. The first kappa shape index (κ1) is 17.6. The molecule has 0 spiro atoms. The number of fused-ring (bicyclic) bond motifs is 1. The summed E-state index contributed by atoms with van der Waals surface area (Å²) in [6, 6.07) is 0.0730. The molecule has 0 radical (unpaired) electrons. The number of hydrogen-bond acceptors (Lipinski definition) is 6. The number of nitrogens with zero attached hydrogens (tertiary/aromatic N) is 2. The molecule has 0 aliphatic heterocycles. The van der Waals surface area contributed by atoms with Crippen molar-refractivity contribution in [1.29, 1.82) is 0 Å². The Morgan fingerprint density at radius 1 is 1.16 bits per heavy atom. The number of aliphatic hydroxyl groups is 1. The van der Waals surface area contributed by atoms with E-state index in [2.05, 4.69) is 10.1 Å². The maximum Gasteiger partial charge on any atom is 0.168 e. The lowest BCUT2D eigenvalue weighted by atomic mass is 9.88. The molecule has 0 atom stereocenters. The van der Waals surface area contributed by atoms with Gasteiger partial charge in [0.25, 0.3) is 0 Å². The summed E-state index contributed by atoms with van der Waals surface area (Å²) in [5.74, 6) is 0.695. The van der Waals surface area contributed by atoms with E-state index in [1.807, 2.05) is 13.8 Å². The first-order valence-electron chi connectivity index (χ1n) is 9.00. The fourth-order valence-electron chi connectivity index (χ4n) is 3.51. The molecule has 1 heterocycles. The molecular formula is C19H24N2O4. The molecule has 0 amide bonds. The van der Waals surface area contributed by atoms with E-state index < -0.39 is 0 Å². The van der Waals surface area contributed by atoms with Crippen LogP contribution in [0.3, 0.4) is 0 Å². The number of rotatable bonds is 4. The predicted molar refractivity (Wildman–Crippen MR) is 93.2 cm³/mol. The van der Waals surface area contributed by atoms with E-state index in [-0.39, 0.29) is 29.8 Å². The van der Waals surface area contributed by atoms with Crippen LogP contribution in [-0.2, 0) is 17.6 Å². The van der Waals surface area contributed by atoms with Gasteiger partial charge < -0.3 is 9.63 Å². The summed E-state index contributed by atoms with van der Waals surface area (Å²) in [6.07, 6.45) is 4.58. The number of aliphatic hydroxyl groups excluding tert-OH is 1. The van der Waals surface area contributed by atoms with E-state index in [9.17, 15) is 14.7 Å². The van der Waals surface area contributed by atoms with Crippen LogP contribution in [0, 0.1) is 0 Å². The highest BCUT2D eigenvalue weighted by molar-refractivity contribution is 6.24. The van der Waals surface area contributed by atoms with Gasteiger partial charge in [0.15, 0.2) is 11.6 Å². The normalized spacial score (nSPS) is 21.8. The zero-order chi connectivity index (χ0) is 18.0. The van der Waals surface area contributed by atoms with E-state index in [0.717, 1.165) is 19.3 Å². The fraction of sp³-hybridized carbons (Fsp3) is 0.579. The molecule has 0 saturated heterocycles. The second-order valence-electron chi connectivity index (χ2n) is 6.97. The van der Waals surface area contributed by atoms with Gasteiger partial charge in [-0.15, -0.1) is 0 Å². The van der Waals surface area contributed by atoms with Crippen molar-refractivity contribution in [3.8, 4) is 0 Å². The van der Waals surface area contributed by atoms with Crippen LogP contribution < -0.4 is 0 Å². The highest BCUT2D eigenvalue weighted by Gasteiger charge is 2.28. The second kappa shape index (κ2) is 7.33. The minimum atomic E-state index is -0.0543. The first-order valence-corrected chi connectivity index (χ1v) is 9.00. The van der Waals surface area contributed by atoms with Gasteiger partial charge in [-0.1, -0.05) is 5.16 Å². The van der Waals surface area contributed by atoms with Crippen molar-refractivity contribution in [2.75, 3.05) is 0 Å². The van der Waals surface area contributed by atoms with Gasteiger partial charge in [0.2, 0.25) is 0 Å². The average molecular weight is 344 g/mol. The van der Waals surface area contributed by atoms with Crippen LogP contribution in [0.4, 0.5) is 0 Å². The molecule has 25 heavy (non-hydrogen) atoms. The van der Waals surface area contributed by atoms with Crippen LogP contribution in [0.15, 0.2) is 20.8 Å². The molecule has 0 unspecified atom stereocenters. The topological polar surface area (TPSA) is 92.8 Å². The molecule has 134 valence electrons. The summed E-state index contributed by atoms with van der Waals surface area (Å²) in [4.78, 5) is 28.9. The third kappa shape index (κ3) is 3.72. The molecular weight excluding hydrogens is 320 g/mol. The van der Waals surface area contributed by atoms with Gasteiger partial charge in [-0.2, -0.15) is 0 Å². The average Bonchev–Trinajstić information content (AvgIpc) is 2.97. The first-order chi connectivity index (χ1) is 12.0. The molecule has 1 aromatic heterocycles. The third-order valence-corrected chi connectivity index (χ3v) is 4.61. The highest BCUT2D eigenvalue weighted by Crippen LogP contribution is 2.27. The van der Waals surface area contributed by atoms with Gasteiger partial charge in [0.1, 0.15) is 11.5 Å². The zero-order valence-electron chi connectivity index (χ0n) is 14.8. The molecule has 0 aromatic carbocycles. The van der Waals surface area contributed by atoms with E-state index in [0.29, 0.717) is 54.0 Å². The van der Waals surface area contributed by atoms with Gasteiger partial charge >= 0.3 is 0 Å². The Morgan fingerprint density at radius 3 is 2.64 bits per heavy atom. The molecule has 2 aliphatic carbocycles. The van der Waals surface area contributed by atoms with Crippen molar-refractivity contribution in [2.24, 2.45) is 4.99 Å². The number of carbonyl (C=O) groups is 2. The quantitative estimate of drug-likeness (QED) is 0.666. The lowest BCUT2D eigenvalue weighted by Gasteiger charge is -2.18. The van der Waals surface area contributed by atoms with Gasteiger partial charge in [-0.05, 0) is 33.1 Å². The molecule has 1 saturated carbocycles. The number of allylic oxidation sites excluding steroid dienone is 2. The minimum absolute atomic E-state index is 0.0455. The molecule has 6 heteroatoms. The van der Waals surface area contributed by atoms with Gasteiger partial charge in [0.05, 0.1) is 16.8 Å². The van der Waals surface area contributed by atoms with Gasteiger partial charge in [-0.25, -0.2) is 0 Å². The number of hydrogen-bond donors (Lipinski definition) is 1. The van der Waals surface area contributed by atoms with Crippen LogP contribution in [-0.4, -0.2) is 33.6 Å². The smallest absolute Gasteiger partial charge is 0.168 e. The minimum Gasteiger partial charge on any atom is -0.511 e. The van der Waals surface area contributed by atoms with E-state index in [1.54, 1.807) is 0 Å². The number of aryl methyl sites for hydroxylation is 2. The van der Waals surface area contributed by atoms with Crippen molar-refractivity contribution in [2.45, 2.75) is 71.3 Å². The van der Waals surface area contributed by atoms with Crippen LogP contribution in [0.1, 0.15) is 74.2 Å². The SMILES string of the molecule is CC(C)N=C1CCCC(=O)/C1=C(\O)CCc1noc2c1C(=O)CCC2. The van der Waals surface area contributed by atoms with Crippen molar-refractivity contribution in [1.82, 2.24) is 5.16 Å². The van der Waals surface area contributed by atoms with Crippen LogP contribution in [0.2, 0.25) is 0 Å². The molecule has 2 aliphatic rings. The fourth-order valence-corrected chi connectivity index (χ4v) is 3.51. The summed E-state index contributed by atoms with van der Waals surface area (Å²) in [5, 5.41) is 14.5. The lowest BCUT2D eigenvalue weighted by molar-refractivity contribution is -0.115. The van der Waals surface area contributed by atoms with Crippen LogP contribution in [0.5, 0.6) is 0 Å². The van der Waals surface area contributed by atoms with Crippen molar-refractivity contribution in [3.63, 3.8) is 0 Å². The van der Waals surface area contributed by atoms with Crippen molar-refractivity contribution < 1.29 is 19.2 Å². The molecule has 1 aromatic rings. The Balaban J connectivity index is 1.82. The summed E-state index contributed by atoms with van der Waals surface area (Å²) in [5.41, 5.74) is 2.22. The zero-order valence-corrected chi connectivity index (χ0v) is 14.8. The highest BCUT2D eigenvalue weighted by atomic mass is 16.5. The molecule has 6 nitrogen and oxygen atoms in total. The summed E-state index contributed by atoms with van der Waals surface area (Å²) in [7, 11) is 0. The largest absolute Gasteiger partial charge is 0.511 e. The van der Waals surface area contributed by atoms with Crippen LogP contribution in [0.25, 0.3) is 0 Å². The van der Waals surface area contributed by atoms with E-state index in [1.165, 1.54) is 0 Å². The number of aromatic nitrogens is 1. The van der Waals surface area contributed by atoms with E-state index in [4.69, 9.17) is 4.52 Å². The monoisotopic (exact) mass is 344 g/mol. The number of Topliss-reactive ketones (excluding diaryl/α,β-unsaturated/α-hetero) is 2. The second-order valence-corrected chi connectivity index (χ2v) is 6.97. The van der Waals surface area contributed by atoms with Crippen molar-refractivity contribution in [3.05, 3.63) is 28.3 Å². The molecule has 0 bridgehead atoms. The Hall–Kier alpha value is -2.24. The molecule has 1 fully saturated rings. The summed E-state index contributed by atoms with van der Waals surface area (Å²) < 4.78 is 5.27. The third-order valence-electron chi connectivity index (χ3n) is 4.61. The molecule has 1 N–H and O–H groups in total. The Morgan fingerprint density at radius 2 is 1.88 bits per heavy atom. The standard InChI is InChI=1S/C19H24N2O4/c1-11(2)20-12-5-3-6-14(22)18(12)16(24)10-9-13-19-15(23)7-4-8-17(19)25-21-13/h11,24H,3-10H2,1-2H3/b18-16-,20-12?. The predicted octanol–water partition coefficient (Wildman–Crippen LogP) is 3.54. The van der Waals surface area contributed by atoms with Crippen LogP contribution >= 0.6 is 0 Å². The summed E-state index contributed by atoms with van der Waals surface area (Å²) in [6.45, 7) is 3.90. The Labute approximate surface area is 147 Å². The Kier molecular flexibility index (Phi) is 5.16. The summed E-state index contributed by atoms with van der Waals surface area (Å²) >= 11 is 0. The maximum absolute atomic E-state index is 12.3.